The van der Waals surface area contributed by atoms with Gasteiger partial charge in [-0.15, -0.1) is 5.10 Å². The van der Waals surface area contributed by atoms with Gasteiger partial charge in [-0.25, -0.2) is 4.68 Å². The van der Waals surface area contributed by atoms with Gasteiger partial charge >= 0.3 is 0 Å². The first-order valence-corrected chi connectivity index (χ1v) is 7.21. The summed E-state index contributed by atoms with van der Waals surface area (Å²) in [5.74, 6) is 0.803. The molecule has 0 radical (unpaired) electrons. The zero-order chi connectivity index (χ0) is 15.7. The molecule has 0 saturated carbocycles. The Morgan fingerprint density at radius 2 is 1.86 bits per heavy atom. The third-order valence-corrected chi connectivity index (χ3v) is 3.81. The molecule has 1 aromatic carbocycles. The van der Waals surface area contributed by atoms with Crippen LogP contribution in [-0.2, 0) is 13.1 Å². The summed E-state index contributed by atoms with van der Waals surface area (Å²) in [5, 5.41) is 12.5. The van der Waals surface area contributed by atoms with Crippen LogP contribution in [0.4, 0.5) is 0 Å². The first kappa shape index (κ1) is 14.5. The second-order valence-electron chi connectivity index (χ2n) is 5.42. The van der Waals surface area contributed by atoms with Crippen LogP contribution in [0.25, 0.3) is 11.3 Å². The quantitative estimate of drug-likeness (QED) is 0.799. The van der Waals surface area contributed by atoms with Gasteiger partial charge in [0.05, 0.1) is 17.9 Å². The van der Waals surface area contributed by atoms with Crippen molar-refractivity contribution in [2.75, 3.05) is 0 Å². The van der Waals surface area contributed by atoms with E-state index in [0.717, 1.165) is 34.0 Å². The lowest BCUT2D eigenvalue weighted by molar-refractivity contribution is 0.391. The Morgan fingerprint density at radius 3 is 2.45 bits per heavy atom. The van der Waals surface area contributed by atoms with Crippen molar-refractivity contribution in [3.63, 3.8) is 0 Å². The predicted octanol–water partition coefficient (Wildman–Crippen LogP) is 2.37. The molecule has 6 nitrogen and oxygen atoms in total. The monoisotopic (exact) mass is 297 g/mol. The maximum Gasteiger partial charge on any atom is 0.138 e. The van der Waals surface area contributed by atoms with Crippen LogP contribution in [0.2, 0.25) is 0 Å². The minimum Gasteiger partial charge on any atom is -0.361 e. The molecule has 0 atom stereocenters. The van der Waals surface area contributed by atoms with Gasteiger partial charge in [-0.2, -0.15) is 0 Å². The van der Waals surface area contributed by atoms with Gasteiger partial charge in [-0.1, -0.05) is 40.2 Å². The number of nitrogens with two attached hydrogens (primary N) is 1. The SMILES string of the molecule is Cc1ccc(-c2c(CN)nnn2Cc2c(C)noc2C)cc1. The normalized spacial score (nSPS) is 11.1. The smallest absolute Gasteiger partial charge is 0.138 e. The lowest BCUT2D eigenvalue weighted by Gasteiger charge is -2.08. The number of benzene rings is 1. The molecule has 0 aliphatic heterocycles. The van der Waals surface area contributed by atoms with Crippen molar-refractivity contribution in [1.82, 2.24) is 20.2 Å². The van der Waals surface area contributed by atoms with E-state index in [0.29, 0.717) is 13.1 Å². The van der Waals surface area contributed by atoms with Crippen molar-refractivity contribution in [3.8, 4) is 11.3 Å². The van der Waals surface area contributed by atoms with Gasteiger partial charge in [-0.3, -0.25) is 0 Å². The fraction of sp³-hybridized carbons (Fsp3) is 0.312. The molecule has 0 aliphatic carbocycles. The Bertz CT molecular complexity index is 766. The van der Waals surface area contributed by atoms with Crippen LogP contribution >= 0.6 is 0 Å². The molecule has 0 amide bonds. The third-order valence-electron chi connectivity index (χ3n) is 3.81. The first-order valence-electron chi connectivity index (χ1n) is 7.21. The van der Waals surface area contributed by atoms with E-state index < -0.39 is 0 Å². The Balaban J connectivity index is 2.06. The van der Waals surface area contributed by atoms with Crippen LogP contribution in [0.1, 0.15) is 28.3 Å². The molecule has 0 bridgehead atoms. The van der Waals surface area contributed by atoms with Crippen molar-refractivity contribution in [2.24, 2.45) is 5.73 Å². The highest BCUT2D eigenvalue weighted by molar-refractivity contribution is 5.62. The highest BCUT2D eigenvalue weighted by atomic mass is 16.5. The van der Waals surface area contributed by atoms with Gasteiger partial charge < -0.3 is 10.3 Å². The molecule has 2 aromatic heterocycles. The average Bonchev–Trinajstić information content (AvgIpc) is 3.06. The van der Waals surface area contributed by atoms with Gasteiger partial charge in [0.1, 0.15) is 11.5 Å². The zero-order valence-electron chi connectivity index (χ0n) is 13.0. The minimum absolute atomic E-state index is 0.352. The Kier molecular flexibility index (Phi) is 3.77. The molecule has 0 saturated heterocycles. The summed E-state index contributed by atoms with van der Waals surface area (Å²) in [6, 6.07) is 8.28. The highest BCUT2D eigenvalue weighted by Gasteiger charge is 2.17. The highest BCUT2D eigenvalue weighted by Crippen LogP contribution is 2.24. The number of rotatable bonds is 4. The zero-order valence-corrected chi connectivity index (χ0v) is 13.0. The topological polar surface area (TPSA) is 82.8 Å². The second kappa shape index (κ2) is 5.73. The minimum atomic E-state index is 0.352. The van der Waals surface area contributed by atoms with Gasteiger partial charge in [-0.05, 0) is 20.8 Å². The molecule has 3 rings (SSSR count). The number of aromatic nitrogens is 4. The number of hydrogen-bond acceptors (Lipinski definition) is 5. The van der Waals surface area contributed by atoms with Crippen molar-refractivity contribution >= 4 is 0 Å². The summed E-state index contributed by atoms with van der Waals surface area (Å²) in [5.41, 5.74) is 11.7. The van der Waals surface area contributed by atoms with E-state index in [1.165, 1.54) is 5.56 Å². The van der Waals surface area contributed by atoms with Crippen molar-refractivity contribution in [1.29, 1.82) is 0 Å². The van der Waals surface area contributed by atoms with Gasteiger partial charge in [0, 0.05) is 17.7 Å². The maximum atomic E-state index is 5.82. The van der Waals surface area contributed by atoms with E-state index >= 15 is 0 Å². The van der Waals surface area contributed by atoms with Gasteiger partial charge in [0.25, 0.3) is 0 Å². The first-order chi connectivity index (χ1) is 10.6. The molecular weight excluding hydrogens is 278 g/mol. The molecular formula is C16H19N5O. The summed E-state index contributed by atoms with van der Waals surface area (Å²) in [6.07, 6.45) is 0. The largest absolute Gasteiger partial charge is 0.361 e. The van der Waals surface area contributed by atoms with E-state index in [2.05, 4.69) is 46.7 Å². The molecule has 2 N–H and O–H groups in total. The molecule has 3 aromatic rings. The molecule has 6 heteroatoms. The Morgan fingerprint density at radius 1 is 1.14 bits per heavy atom. The van der Waals surface area contributed by atoms with Crippen LogP contribution < -0.4 is 5.73 Å². The van der Waals surface area contributed by atoms with Crippen LogP contribution in [0.3, 0.4) is 0 Å². The number of aryl methyl sites for hydroxylation is 3. The standard InChI is InChI=1S/C16H19N5O/c1-10-4-6-13(7-5-10)16-15(8-17)18-20-21(16)9-14-11(2)19-22-12(14)3/h4-7H,8-9,17H2,1-3H3. The summed E-state index contributed by atoms with van der Waals surface area (Å²) >= 11 is 0. The summed E-state index contributed by atoms with van der Waals surface area (Å²) in [6.45, 7) is 6.81. The van der Waals surface area contributed by atoms with Crippen LogP contribution in [0.15, 0.2) is 28.8 Å². The van der Waals surface area contributed by atoms with E-state index in [4.69, 9.17) is 10.3 Å². The van der Waals surface area contributed by atoms with Crippen molar-refractivity contribution in [2.45, 2.75) is 33.9 Å². The van der Waals surface area contributed by atoms with Crippen LogP contribution in [0.5, 0.6) is 0 Å². The van der Waals surface area contributed by atoms with Crippen LogP contribution in [0, 0.1) is 20.8 Å². The molecule has 2 heterocycles. The van der Waals surface area contributed by atoms with Crippen LogP contribution in [-0.4, -0.2) is 20.2 Å². The summed E-state index contributed by atoms with van der Waals surface area (Å²) < 4.78 is 7.09. The molecule has 0 aliphatic rings. The van der Waals surface area contributed by atoms with E-state index in [9.17, 15) is 0 Å². The molecule has 0 fully saturated rings. The van der Waals surface area contributed by atoms with Crippen molar-refractivity contribution in [3.05, 3.63) is 52.5 Å². The van der Waals surface area contributed by atoms with Crippen molar-refractivity contribution < 1.29 is 4.52 Å². The predicted molar refractivity (Wildman–Crippen MR) is 83.2 cm³/mol. The Labute approximate surface area is 128 Å². The molecule has 0 unspecified atom stereocenters. The second-order valence-corrected chi connectivity index (χ2v) is 5.42. The lowest BCUT2D eigenvalue weighted by atomic mass is 10.1. The van der Waals surface area contributed by atoms with E-state index in [1.54, 1.807) is 0 Å². The average molecular weight is 297 g/mol. The molecule has 114 valence electrons. The van der Waals surface area contributed by atoms with Gasteiger partial charge in [0.15, 0.2) is 0 Å². The molecule has 22 heavy (non-hydrogen) atoms. The van der Waals surface area contributed by atoms with E-state index in [1.807, 2.05) is 18.5 Å². The fourth-order valence-electron chi connectivity index (χ4n) is 2.50. The van der Waals surface area contributed by atoms with E-state index in [-0.39, 0.29) is 0 Å². The number of nitrogens with zero attached hydrogens (tertiary/aromatic N) is 4. The fourth-order valence-corrected chi connectivity index (χ4v) is 2.50. The summed E-state index contributed by atoms with van der Waals surface area (Å²) in [7, 11) is 0. The molecule has 0 spiro atoms. The maximum absolute atomic E-state index is 5.82. The Hall–Kier alpha value is -2.47. The third kappa shape index (κ3) is 2.53. The van der Waals surface area contributed by atoms with Gasteiger partial charge in [0.2, 0.25) is 0 Å². The summed E-state index contributed by atoms with van der Waals surface area (Å²) in [4.78, 5) is 0. The lowest BCUT2D eigenvalue weighted by Crippen LogP contribution is -2.07. The number of hydrogen-bond donors (Lipinski definition) is 1.